The fraction of sp³-hybridized carbons (Fsp3) is 0.562. The lowest BCUT2D eigenvalue weighted by Crippen LogP contribution is -2.27. The molecule has 1 aromatic carbocycles. The lowest BCUT2D eigenvalue weighted by Gasteiger charge is -2.28. The minimum absolute atomic E-state index is 0.372. The summed E-state index contributed by atoms with van der Waals surface area (Å²) in [5.41, 5.74) is 2.30. The average molecular weight is 388 g/mol. The van der Waals surface area contributed by atoms with E-state index in [1.54, 1.807) is 0 Å². The van der Waals surface area contributed by atoms with Gasteiger partial charge in [-0.3, -0.25) is 0 Å². The van der Waals surface area contributed by atoms with Crippen LogP contribution in [-0.4, -0.2) is 26.4 Å². The Labute approximate surface area is 143 Å². The topological polar surface area (TPSA) is 17.8 Å². The van der Waals surface area contributed by atoms with E-state index >= 15 is 0 Å². The van der Waals surface area contributed by atoms with Crippen LogP contribution in [0.3, 0.4) is 0 Å². The average Bonchev–Trinajstić information content (AvgIpc) is 3.07. The molecular weight excluding hydrogens is 368 g/mol. The highest BCUT2D eigenvalue weighted by Gasteiger charge is 2.34. The van der Waals surface area contributed by atoms with Gasteiger partial charge in [0.2, 0.25) is 0 Å². The van der Waals surface area contributed by atoms with Crippen LogP contribution in [0, 0.1) is 0 Å². The number of alkyl halides is 1. The van der Waals surface area contributed by atoms with Crippen molar-refractivity contribution in [3.8, 4) is 0 Å². The molecule has 1 aliphatic rings. The molecule has 0 N–H and O–H groups in total. The lowest BCUT2D eigenvalue weighted by molar-refractivity contribution is 0.502. The zero-order chi connectivity index (χ0) is 14.9. The number of halogens is 2. The summed E-state index contributed by atoms with van der Waals surface area (Å²) in [6.45, 7) is 1.05. The van der Waals surface area contributed by atoms with E-state index < -0.39 is 0 Å². The van der Waals surface area contributed by atoms with Crippen molar-refractivity contribution in [2.24, 2.45) is 0 Å². The van der Waals surface area contributed by atoms with Gasteiger partial charge < -0.3 is 4.57 Å². The second-order valence-corrected chi connectivity index (χ2v) is 8.35. The van der Waals surface area contributed by atoms with E-state index in [0.29, 0.717) is 10.6 Å². The zero-order valence-corrected chi connectivity index (χ0v) is 15.4. The third kappa shape index (κ3) is 3.13. The summed E-state index contributed by atoms with van der Waals surface area (Å²) in [7, 11) is 0. The molecule has 2 aromatic rings. The zero-order valence-electron chi connectivity index (χ0n) is 12.2. The van der Waals surface area contributed by atoms with Crippen molar-refractivity contribution < 1.29 is 0 Å². The van der Waals surface area contributed by atoms with Gasteiger partial charge in [0.1, 0.15) is 5.82 Å². The van der Waals surface area contributed by atoms with Gasteiger partial charge >= 0.3 is 0 Å². The van der Waals surface area contributed by atoms with Crippen molar-refractivity contribution in [3.63, 3.8) is 0 Å². The normalized spacial score (nSPS) is 17.7. The smallest absolute Gasteiger partial charge is 0.111 e. The summed E-state index contributed by atoms with van der Waals surface area (Å²) in [5, 5.41) is 0. The second kappa shape index (κ2) is 6.51. The molecule has 5 heteroatoms. The van der Waals surface area contributed by atoms with E-state index in [4.69, 9.17) is 16.6 Å². The maximum atomic E-state index is 5.98. The fourth-order valence-electron chi connectivity index (χ4n) is 3.33. The number of aromatic nitrogens is 2. The van der Waals surface area contributed by atoms with E-state index in [1.165, 1.54) is 31.2 Å². The molecule has 0 saturated heterocycles. The highest BCUT2D eigenvalue weighted by atomic mass is 79.9. The minimum atomic E-state index is 0.372. The van der Waals surface area contributed by atoms with Crippen LogP contribution in [0.4, 0.5) is 0 Å². The molecule has 0 unspecified atom stereocenters. The standard InChI is InChI=1S/C16H20BrClN2S/c1-21-16(7-2-3-8-16)11-20-14-10-12(17)4-5-13(14)19-15(20)6-9-18/h4-5,10H,2-3,6-9,11H2,1H3. The first-order chi connectivity index (χ1) is 10.2. The third-order valence-corrected chi connectivity index (χ3v) is 6.59. The van der Waals surface area contributed by atoms with Crippen LogP contribution in [0.1, 0.15) is 31.5 Å². The molecule has 0 radical (unpaired) electrons. The van der Waals surface area contributed by atoms with Gasteiger partial charge in [-0.2, -0.15) is 11.8 Å². The summed E-state index contributed by atoms with van der Waals surface area (Å²) < 4.78 is 3.89. The van der Waals surface area contributed by atoms with Gasteiger partial charge in [0.25, 0.3) is 0 Å². The first-order valence-electron chi connectivity index (χ1n) is 7.43. The van der Waals surface area contributed by atoms with Crippen LogP contribution in [-0.2, 0) is 13.0 Å². The van der Waals surface area contributed by atoms with Gasteiger partial charge in [0.05, 0.1) is 11.0 Å². The van der Waals surface area contributed by atoms with Crippen LogP contribution in [0.15, 0.2) is 22.7 Å². The molecule has 1 aromatic heterocycles. The number of imidazole rings is 1. The Bertz CT molecular complexity index is 634. The van der Waals surface area contributed by atoms with Crippen molar-refractivity contribution in [2.45, 2.75) is 43.4 Å². The summed E-state index contributed by atoms with van der Waals surface area (Å²) in [6, 6.07) is 6.33. The van der Waals surface area contributed by atoms with Crippen molar-refractivity contribution in [2.75, 3.05) is 12.1 Å². The number of fused-ring (bicyclic) bond motifs is 1. The number of hydrogen-bond donors (Lipinski definition) is 0. The molecule has 1 saturated carbocycles. The highest BCUT2D eigenvalue weighted by molar-refractivity contribution is 9.10. The molecule has 3 rings (SSSR count). The quantitative estimate of drug-likeness (QED) is 0.652. The van der Waals surface area contributed by atoms with E-state index in [9.17, 15) is 0 Å². The fourth-order valence-corrected chi connectivity index (χ4v) is 4.80. The molecule has 0 bridgehead atoms. The Kier molecular flexibility index (Phi) is 4.87. The molecule has 21 heavy (non-hydrogen) atoms. The molecule has 0 atom stereocenters. The summed E-state index contributed by atoms with van der Waals surface area (Å²) in [5.74, 6) is 1.75. The monoisotopic (exact) mass is 386 g/mol. The van der Waals surface area contributed by atoms with Crippen LogP contribution < -0.4 is 0 Å². The number of benzene rings is 1. The Morgan fingerprint density at radius 2 is 2.14 bits per heavy atom. The maximum absolute atomic E-state index is 5.98. The predicted molar refractivity (Wildman–Crippen MR) is 96.6 cm³/mol. The molecule has 0 spiro atoms. The van der Waals surface area contributed by atoms with Gasteiger partial charge in [-0.1, -0.05) is 28.8 Å². The number of hydrogen-bond acceptors (Lipinski definition) is 2. The first kappa shape index (κ1) is 15.7. The predicted octanol–water partition coefficient (Wildman–Crippen LogP) is 5.26. The second-order valence-electron chi connectivity index (χ2n) is 5.78. The van der Waals surface area contributed by atoms with Crippen LogP contribution in [0.25, 0.3) is 11.0 Å². The van der Waals surface area contributed by atoms with E-state index in [2.05, 4.69) is 45.0 Å². The molecule has 1 fully saturated rings. The molecule has 0 aliphatic heterocycles. The lowest BCUT2D eigenvalue weighted by atomic mass is 10.1. The Morgan fingerprint density at radius 3 is 2.81 bits per heavy atom. The Balaban J connectivity index is 2.05. The van der Waals surface area contributed by atoms with Crippen molar-refractivity contribution in [1.29, 1.82) is 0 Å². The van der Waals surface area contributed by atoms with E-state index in [1.807, 2.05) is 11.8 Å². The largest absolute Gasteiger partial charge is 0.327 e. The number of nitrogens with zero attached hydrogens (tertiary/aromatic N) is 2. The summed E-state index contributed by atoms with van der Waals surface area (Å²) >= 11 is 11.6. The van der Waals surface area contributed by atoms with Crippen molar-refractivity contribution in [3.05, 3.63) is 28.5 Å². The van der Waals surface area contributed by atoms with Gasteiger partial charge in [-0.05, 0) is 37.3 Å². The van der Waals surface area contributed by atoms with Crippen LogP contribution >= 0.6 is 39.3 Å². The molecule has 1 heterocycles. The molecule has 1 aliphatic carbocycles. The third-order valence-electron chi connectivity index (χ3n) is 4.50. The number of aryl methyl sites for hydroxylation is 1. The van der Waals surface area contributed by atoms with Crippen molar-refractivity contribution >= 4 is 50.3 Å². The van der Waals surface area contributed by atoms with E-state index in [0.717, 1.165) is 28.8 Å². The summed E-state index contributed by atoms with van der Waals surface area (Å²) in [4.78, 5) is 4.80. The van der Waals surface area contributed by atoms with Crippen molar-refractivity contribution in [1.82, 2.24) is 9.55 Å². The Morgan fingerprint density at radius 1 is 1.38 bits per heavy atom. The Hall–Kier alpha value is -0.190. The molecule has 114 valence electrons. The van der Waals surface area contributed by atoms with Gasteiger partial charge in [-0.25, -0.2) is 4.98 Å². The van der Waals surface area contributed by atoms with E-state index in [-0.39, 0.29) is 0 Å². The van der Waals surface area contributed by atoms with Crippen LogP contribution in [0.2, 0.25) is 0 Å². The first-order valence-corrected chi connectivity index (χ1v) is 9.98. The minimum Gasteiger partial charge on any atom is -0.327 e. The molecule has 0 amide bonds. The molecule has 2 nitrogen and oxygen atoms in total. The molecular formula is C16H20BrClN2S. The number of thioether (sulfide) groups is 1. The summed E-state index contributed by atoms with van der Waals surface area (Å²) in [6.07, 6.45) is 8.40. The number of rotatable bonds is 5. The van der Waals surface area contributed by atoms with Gasteiger partial charge in [0, 0.05) is 28.1 Å². The van der Waals surface area contributed by atoms with Crippen LogP contribution in [0.5, 0.6) is 0 Å². The van der Waals surface area contributed by atoms with Gasteiger partial charge in [-0.15, -0.1) is 11.6 Å². The highest BCUT2D eigenvalue weighted by Crippen LogP contribution is 2.42. The maximum Gasteiger partial charge on any atom is 0.111 e. The van der Waals surface area contributed by atoms with Gasteiger partial charge in [0.15, 0.2) is 0 Å². The SMILES string of the molecule is CSC1(Cn2c(CCCl)nc3ccc(Br)cc32)CCCC1.